The van der Waals surface area contributed by atoms with Crippen molar-refractivity contribution in [2.75, 3.05) is 20.7 Å². The Morgan fingerprint density at radius 3 is 2.56 bits per heavy atom. The Bertz CT molecular complexity index is 1430. The minimum absolute atomic E-state index is 0.204. The second-order valence-electron chi connectivity index (χ2n) is 13.0. The Labute approximate surface area is 253 Å². The summed E-state index contributed by atoms with van der Waals surface area (Å²) in [6.45, 7) is 11.6. The van der Waals surface area contributed by atoms with Crippen LogP contribution in [-0.4, -0.2) is 73.7 Å². The smallest absolute Gasteiger partial charge is 0.413 e. The number of carboxylic acid groups (broad SMARTS) is 1. The number of rotatable bonds is 7. The molecule has 11 nitrogen and oxygen atoms in total. The Morgan fingerprint density at radius 1 is 1.19 bits per heavy atom. The van der Waals surface area contributed by atoms with Gasteiger partial charge in [0.1, 0.15) is 17.9 Å². The molecule has 2 aromatic rings. The van der Waals surface area contributed by atoms with Crippen LogP contribution in [0, 0.1) is 11.6 Å². The molecule has 3 fully saturated rings. The van der Waals surface area contributed by atoms with Gasteiger partial charge in [0, 0.05) is 24.1 Å². The van der Waals surface area contributed by atoms with Crippen molar-refractivity contribution in [2.24, 2.45) is 0 Å². The fraction of sp³-hybridized carbons (Fsp3) is 0.621. The molecule has 2 aliphatic heterocycles. The molecule has 14 heteroatoms. The van der Waals surface area contributed by atoms with Gasteiger partial charge in [-0.25, -0.2) is 23.5 Å². The number of amides is 1. The molecule has 4 aliphatic rings. The van der Waals surface area contributed by atoms with Crippen molar-refractivity contribution in [1.82, 2.24) is 15.5 Å². The Morgan fingerprint density at radius 2 is 1.91 bits per heavy atom. The van der Waals surface area contributed by atoms with Gasteiger partial charge in [-0.3, -0.25) is 14.9 Å². The van der Waals surface area contributed by atoms with Crippen LogP contribution >= 0.6 is 11.8 Å². The van der Waals surface area contributed by atoms with Crippen LogP contribution in [0.4, 0.5) is 30.9 Å². The highest BCUT2D eigenvalue weighted by molar-refractivity contribution is 7.99. The molecule has 1 saturated heterocycles. The number of nitrogens with zero attached hydrogens (tertiary/aromatic N) is 5. The van der Waals surface area contributed by atoms with Gasteiger partial charge < -0.3 is 19.7 Å². The first-order valence-corrected chi connectivity index (χ1v) is 15.6. The lowest BCUT2D eigenvalue weighted by molar-refractivity contribution is -0.163. The van der Waals surface area contributed by atoms with Crippen LogP contribution in [0.5, 0.6) is 0 Å². The number of benzene rings is 1. The predicted octanol–water partition coefficient (Wildman–Crippen LogP) is 4.80. The summed E-state index contributed by atoms with van der Waals surface area (Å²) in [4.78, 5) is 23.9. The van der Waals surface area contributed by atoms with Crippen molar-refractivity contribution >= 4 is 35.2 Å². The Hall–Kier alpha value is -2.78. The third kappa shape index (κ3) is 5.41. The average Bonchev–Trinajstić information content (AvgIpc) is 3.34. The van der Waals surface area contributed by atoms with Crippen LogP contribution < -0.4 is 20.5 Å². The second-order valence-corrected chi connectivity index (χ2v) is 14.1. The van der Waals surface area contributed by atoms with E-state index in [1.54, 1.807) is 0 Å². The Kier molecular flexibility index (Phi) is 7.52. The minimum Gasteiger partial charge on any atom is -0.465 e. The highest BCUT2D eigenvalue weighted by atomic mass is 32.2. The van der Waals surface area contributed by atoms with Crippen LogP contribution in [0.2, 0.25) is 0 Å². The summed E-state index contributed by atoms with van der Waals surface area (Å²) >= 11 is 1.42. The number of aliphatic hydroxyl groups excluding tert-OH is 1. The topological polar surface area (TPSA) is 124 Å². The number of aliphatic hydroxyl groups is 1. The monoisotopic (exact) mass is 620 g/mol. The molecule has 1 amide bonds. The molecule has 6 rings (SSSR count). The molecule has 0 spiro atoms. The summed E-state index contributed by atoms with van der Waals surface area (Å²) in [6.07, 6.45) is -1.33. The third-order valence-corrected chi connectivity index (χ3v) is 9.28. The standard InChI is InChI=1S/C29H38F2N6O5S/c1-7-10-43-26-32-24(35(27(39)40)18-12-15(18)14-8-9-16(30)17(31)11-14)21-25(33-26)36(34-37(21)28(2,3)4)19-13-20(38)23-22(19)41-29(5,6)42-23/h8-9,11,15,18-20,22-23,34,38H,7,10,12-13H2,1-6H3,(H,39,40)/t15-,18+,19+,20-,22-,23+/m0/s1. The number of ether oxygens (including phenoxy) is 2. The molecule has 0 bridgehead atoms. The van der Waals surface area contributed by atoms with Gasteiger partial charge in [-0.15, -0.1) is 5.53 Å². The van der Waals surface area contributed by atoms with E-state index in [0.717, 1.165) is 24.3 Å². The Balaban J connectivity index is 1.45. The summed E-state index contributed by atoms with van der Waals surface area (Å²) in [6, 6.07) is 2.77. The molecule has 43 heavy (non-hydrogen) atoms. The number of carbonyl (C=O) groups is 1. The molecule has 1 aromatic heterocycles. The number of hydrazine groups is 2. The van der Waals surface area contributed by atoms with Gasteiger partial charge in [-0.05, 0) is 65.2 Å². The number of anilines is 3. The molecule has 0 radical (unpaired) electrons. The third-order valence-electron chi connectivity index (χ3n) is 8.22. The van der Waals surface area contributed by atoms with Gasteiger partial charge in [0.2, 0.25) is 0 Å². The van der Waals surface area contributed by atoms with Crippen molar-refractivity contribution < 1.29 is 33.3 Å². The van der Waals surface area contributed by atoms with Gasteiger partial charge in [0.05, 0.1) is 17.7 Å². The molecule has 3 heterocycles. The molecule has 2 aliphatic carbocycles. The lowest BCUT2D eigenvalue weighted by atomic mass is 10.1. The van der Waals surface area contributed by atoms with Crippen molar-refractivity contribution in [2.45, 2.75) is 114 Å². The van der Waals surface area contributed by atoms with Crippen molar-refractivity contribution in [1.29, 1.82) is 0 Å². The summed E-state index contributed by atoms with van der Waals surface area (Å²) < 4.78 is 40.0. The van der Waals surface area contributed by atoms with Crippen molar-refractivity contribution in [3.05, 3.63) is 35.4 Å². The number of hydrogen-bond acceptors (Lipinski definition) is 10. The first kappa shape index (κ1) is 30.3. The van der Waals surface area contributed by atoms with Crippen LogP contribution in [0.15, 0.2) is 23.4 Å². The van der Waals surface area contributed by atoms with E-state index < -0.39 is 53.4 Å². The normalized spacial score (nSPS) is 29.1. The quantitative estimate of drug-likeness (QED) is 0.292. The fourth-order valence-corrected chi connectivity index (χ4v) is 6.95. The van der Waals surface area contributed by atoms with Crippen LogP contribution in [0.25, 0.3) is 0 Å². The highest BCUT2D eigenvalue weighted by Gasteiger charge is 2.58. The highest BCUT2D eigenvalue weighted by Crippen LogP contribution is 2.52. The van der Waals surface area contributed by atoms with Crippen LogP contribution in [0.1, 0.15) is 72.3 Å². The van der Waals surface area contributed by atoms with Crippen LogP contribution in [-0.2, 0) is 9.47 Å². The first-order valence-electron chi connectivity index (χ1n) is 14.6. The SMILES string of the molecule is CCCSc1nc2c(c(N(C(=O)O)[C@@H]3C[C@H]3c3ccc(F)c(F)c3)n1)N(C(C)(C)C)NN2[C@@H]1C[C@H](O)[C@H]2OC(C)(C)O[C@H]21. The number of hydrogen-bond donors (Lipinski definition) is 3. The molecule has 1 aromatic carbocycles. The molecular weight excluding hydrogens is 582 g/mol. The molecule has 3 N–H and O–H groups in total. The predicted molar refractivity (Wildman–Crippen MR) is 157 cm³/mol. The van der Waals surface area contributed by atoms with Gasteiger partial charge in [-0.2, -0.15) is 0 Å². The molecular formula is C29H38F2N6O5S. The van der Waals surface area contributed by atoms with E-state index in [1.807, 2.05) is 51.6 Å². The zero-order valence-electron chi connectivity index (χ0n) is 25.0. The molecule has 6 atom stereocenters. The van der Waals surface area contributed by atoms with E-state index >= 15 is 0 Å². The number of aromatic nitrogens is 2. The van der Waals surface area contributed by atoms with Gasteiger partial charge in [-0.1, -0.05) is 24.8 Å². The minimum atomic E-state index is -1.21. The summed E-state index contributed by atoms with van der Waals surface area (Å²) in [5.41, 5.74) is 3.87. The van der Waals surface area contributed by atoms with E-state index in [0.29, 0.717) is 35.1 Å². The van der Waals surface area contributed by atoms with E-state index in [2.05, 4.69) is 5.53 Å². The second kappa shape index (κ2) is 10.7. The van der Waals surface area contributed by atoms with E-state index in [-0.39, 0.29) is 17.8 Å². The lowest BCUT2D eigenvalue weighted by Crippen LogP contribution is -2.58. The summed E-state index contributed by atoms with van der Waals surface area (Å²) in [7, 11) is 0. The van der Waals surface area contributed by atoms with Crippen LogP contribution in [0.3, 0.4) is 0 Å². The zero-order valence-corrected chi connectivity index (χ0v) is 25.9. The van der Waals surface area contributed by atoms with E-state index in [4.69, 9.17) is 19.4 Å². The van der Waals surface area contributed by atoms with E-state index in [1.165, 1.54) is 22.7 Å². The first-order chi connectivity index (χ1) is 20.2. The maximum atomic E-state index is 14.1. The lowest BCUT2D eigenvalue weighted by Gasteiger charge is -2.37. The maximum absolute atomic E-state index is 14.1. The van der Waals surface area contributed by atoms with Gasteiger partial charge in [0.15, 0.2) is 34.2 Å². The van der Waals surface area contributed by atoms with Crippen molar-refractivity contribution in [3.8, 4) is 0 Å². The maximum Gasteiger partial charge on any atom is 0.413 e. The van der Waals surface area contributed by atoms with Gasteiger partial charge >= 0.3 is 6.09 Å². The van der Waals surface area contributed by atoms with E-state index in [9.17, 15) is 23.8 Å². The largest absolute Gasteiger partial charge is 0.465 e. The van der Waals surface area contributed by atoms with Crippen molar-refractivity contribution in [3.63, 3.8) is 0 Å². The number of fused-ring (bicyclic) bond motifs is 2. The fourth-order valence-electron chi connectivity index (χ4n) is 6.27. The zero-order chi connectivity index (χ0) is 31.0. The molecule has 2 saturated carbocycles. The summed E-state index contributed by atoms with van der Waals surface area (Å²) in [5, 5.41) is 25.6. The molecule has 0 unspecified atom stereocenters. The van der Waals surface area contributed by atoms with Gasteiger partial charge in [0.25, 0.3) is 0 Å². The number of nitrogens with one attached hydrogen (secondary N) is 1. The molecule has 234 valence electrons. The summed E-state index contributed by atoms with van der Waals surface area (Å²) in [5.74, 6) is -1.72. The average molecular weight is 621 g/mol. The number of thioether (sulfide) groups is 1. The number of halogens is 2.